The van der Waals surface area contributed by atoms with Crippen molar-refractivity contribution in [3.63, 3.8) is 0 Å². The van der Waals surface area contributed by atoms with Gasteiger partial charge in [-0.1, -0.05) is 12.1 Å². The van der Waals surface area contributed by atoms with Gasteiger partial charge in [0.25, 0.3) is 0 Å². The van der Waals surface area contributed by atoms with Crippen molar-refractivity contribution < 1.29 is 44.6 Å². The highest BCUT2D eigenvalue weighted by Gasteiger charge is 2.48. The number of carbonyl (C=O) groups excluding carboxylic acids is 2. The van der Waals surface area contributed by atoms with Crippen molar-refractivity contribution in [2.24, 2.45) is 0 Å². The molecule has 6 N–H and O–H groups in total. The zero-order valence-corrected chi connectivity index (χ0v) is 20.5. The van der Waals surface area contributed by atoms with E-state index in [-0.39, 0.29) is 35.6 Å². The number of para-hydroxylation sites is 1. The van der Waals surface area contributed by atoms with Gasteiger partial charge in [0.1, 0.15) is 47.8 Å². The van der Waals surface area contributed by atoms with Crippen molar-refractivity contribution in [3.05, 3.63) is 29.8 Å². The summed E-state index contributed by atoms with van der Waals surface area (Å²) in [6.45, 7) is 2.15. The molecule has 8 unspecified atom stereocenters. The molecule has 2 aliphatic rings. The van der Waals surface area contributed by atoms with Crippen LogP contribution in [0.25, 0.3) is 0 Å². The molecule has 8 atom stereocenters. The van der Waals surface area contributed by atoms with E-state index in [4.69, 9.17) is 9.47 Å². The van der Waals surface area contributed by atoms with Gasteiger partial charge >= 0.3 is 5.97 Å². The number of phenols is 1. The van der Waals surface area contributed by atoms with Crippen molar-refractivity contribution in [2.45, 2.75) is 67.8 Å². The Kier molecular flexibility index (Phi) is 9.76. The number of ether oxygens (including phenoxy) is 2. The number of carbonyl (C=O) groups is 2. The summed E-state index contributed by atoms with van der Waals surface area (Å²) in [5, 5.41) is 54.2. The number of rotatable bonds is 9. The molecule has 2 fully saturated rings. The van der Waals surface area contributed by atoms with Crippen LogP contribution in [-0.4, -0.2) is 116 Å². The van der Waals surface area contributed by atoms with Crippen molar-refractivity contribution in [1.82, 2.24) is 10.2 Å². The molecule has 0 radical (unpaired) electrons. The van der Waals surface area contributed by atoms with Gasteiger partial charge in [-0.2, -0.15) is 0 Å². The number of nitrogens with zero attached hydrogens (tertiary/aromatic N) is 1. The summed E-state index contributed by atoms with van der Waals surface area (Å²) >= 11 is 1.04. The predicted molar refractivity (Wildman–Crippen MR) is 127 cm³/mol. The lowest BCUT2D eigenvalue weighted by molar-refractivity contribution is -0.211. The number of likely N-dealkylation sites (N-methyl/N-ethyl adjacent to an activating group) is 1. The summed E-state index contributed by atoms with van der Waals surface area (Å²) in [7, 11) is 1.83. The number of thioether (sulfide) groups is 1. The molecule has 2 saturated heterocycles. The van der Waals surface area contributed by atoms with E-state index in [0.717, 1.165) is 24.7 Å². The third-order valence-corrected chi connectivity index (χ3v) is 7.46. The van der Waals surface area contributed by atoms with Gasteiger partial charge < -0.3 is 40.3 Å². The monoisotopic (exact) mass is 514 g/mol. The number of phenolic OH excluding ortho intramolecular Hbond substituents is 1. The topological polar surface area (TPSA) is 169 Å². The Hall–Kier alpha value is -1.93. The first-order valence-electron chi connectivity index (χ1n) is 11.6. The molecule has 11 nitrogen and oxygen atoms in total. The van der Waals surface area contributed by atoms with E-state index >= 15 is 0 Å². The summed E-state index contributed by atoms with van der Waals surface area (Å²) in [4.78, 5) is 26.8. The first kappa shape index (κ1) is 27.7. The van der Waals surface area contributed by atoms with Crippen LogP contribution in [0.15, 0.2) is 24.3 Å². The Morgan fingerprint density at radius 3 is 2.57 bits per heavy atom. The van der Waals surface area contributed by atoms with Crippen molar-refractivity contribution >= 4 is 23.6 Å². The fourth-order valence-corrected chi connectivity index (χ4v) is 5.29. The molecule has 12 heteroatoms. The van der Waals surface area contributed by atoms with Crippen LogP contribution in [0, 0.1) is 0 Å². The minimum absolute atomic E-state index is 0.0217. The highest BCUT2D eigenvalue weighted by atomic mass is 32.2. The zero-order valence-electron chi connectivity index (χ0n) is 19.7. The van der Waals surface area contributed by atoms with Crippen LogP contribution >= 0.6 is 11.8 Å². The summed E-state index contributed by atoms with van der Waals surface area (Å²) in [6.07, 6.45) is -5.35. The van der Waals surface area contributed by atoms with Gasteiger partial charge in [0.2, 0.25) is 5.91 Å². The summed E-state index contributed by atoms with van der Waals surface area (Å²) < 4.78 is 11.0. The van der Waals surface area contributed by atoms with E-state index in [1.165, 1.54) is 19.1 Å². The Labute approximate surface area is 208 Å². The van der Waals surface area contributed by atoms with Gasteiger partial charge in [-0.3, -0.25) is 9.69 Å². The fourth-order valence-electron chi connectivity index (χ4n) is 4.31. The highest BCUT2D eigenvalue weighted by Crippen LogP contribution is 2.31. The molecule has 1 aromatic rings. The molecule has 196 valence electrons. The van der Waals surface area contributed by atoms with Gasteiger partial charge in [0.15, 0.2) is 0 Å². The van der Waals surface area contributed by atoms with Gasteiger partial charge in [0.05, 0.1) is 18.2 Å². The first-order valence-corrected chi connectivity index (χ1v) is 12.6. The SMILES string of the molecule is CC(O)C(NC(=O)C1CCCN1C)C1OC(SCCOC(=O)c2ccccc2O)C(O)C(O)C1O. The summed E-state index contributed by atoms with van der Waals surface area (Å²) in [6, 6.07) is 4.56. The standard InChI is InChI=1S/C23H34N2O9S/c1-12(26)16(24-21(31)14-7-5-9-25(14)2)20-18(29)17(28)19(30)23(34-20)35-11-10-33-22(32)13-6-3-4-8-15(13)27/h3-4,6,8,12,14,16-20,23,26-30H,5,7,9-11H2,1-2H3,(H,24,31). The van der Waals surface area contributed by atoms with Gasteiger partial charge in [-0.15, -0.1) is 11.8 Å². The van der Waals surface area contributed by atoms with E-state index in [2.05, 4.69) is 5.32 Å². The molecule has 2 aliphatic heterocycles. The van der Waals surface area contributed by atoms with Crippen LogP contribution in [0.5, 0.6) is 5.75 Å². The number of nitrogens with one attached hydrogen (secondary N) is 1. The summed E-state index contributed by atoms with van der Waals surface area (Å²) in [5.74, 6) is -1.05. The van der Waals surface area contributed by atoms with Gasteiger partial charge in [-0.25, -0.2) is 4.79 Å². The zero-order chi connectivity index (χ0) is 25.7. The molecule has 2 heterocycles. The van der Waals surface area contributed by atoms with E-state index in [1.807, 2.05) is 11.9 Å². The lowest BCUT2D eigenvalue weighted by Gasteiger charge is -2.44. The normalized spacial score (nSPS) is 31.0. The van der Waals surface area contributed by atoms with E-state index < -0.39 is 48.0 Å². The second kappa shape index (κ2) is 12.3. The Morgan fingerprint density at radius 1 is 1.23 bits per heavy atom. The quantitative estimate of drug-likeness (QED) is 0.177. The Bertz CT molecular complexity index is 873. The van der Waals surface area contributed by atoms with E-state index in [1.54, 1.807) is 12.1 Å². The maximum atomic E-state index is 12.8. The molecule has 1 aromatic carbocycles. The maximum Gasteiger partial charge on any atom is 0.341 e. The average molecular weight is 515 g/mol. The van der Waals surface area contributed by atoms with Crippen LogP contribution in [0.1, 0.15) is 30.1 Å². The van der Waals surface area contributed by atoms with Gasteiger partial charge in [0, 0.05) is 5.75 Å². The van der Waals surface area contributed by atoms with Crippen molar-refractivity contribution in [2.75, 3.05) is 26.0 Å². The minimum atomic E-state index is -1.58. The third kappa shape index (κ3) is 6.64. The number of aliphatic hydroxyl groups is 4. The molecule has 0 spiro atoms. The smallest absolute Gasteiger partial charge is 0.341 e. The second-order valence-electron chi connectivity index (χ2n) is 8.88. The number of esters is 1. The van der Waals surface area contributed by atoms with E-state index in [9.17, 15) is 35.1 Å². The fraction of sp³-hybridized carbons (Fsp3) is 0.652. The molecule has 0 aromatic heterocycles. The third-order valence-electron chi connectivity index (χ3n) is 6.33. The molecule has 0 bridgehead atoms. The number of likely N-dealkylation sites (tertiary alicyclic amines) is 1. The number of benzene rings is 1. The minimum Gasteiger partial charge on any atom is -0.507 e. The second-order valence-corrected chi connectivity index (χ2v) is 10.1. The van der Waals surface area contributed by atoms with Crippen LogP contribution in [0.2, 0.25) is 0 Å². The maximum absolute atomic E-state index is 12.8. The molecular weight excluding hydrogens is 480 g/mol. The molecule has 1 amide bonds. The number of hydrogen-bond donors (Lipinski definition) is 6. The number of aromatic hydroxyl groups is 1. The summed E-state index contributed by atoms with van der Waals surface area (Å²) in [5.41, 5.74) is -0.997. The van der Waals surface area contributed by atoms with E-state index in [0.29, 0.717) is 6.42 Å². The van der Waals surface area contributed by atoms with Crippen LogP contribution in [0.3, 0.4) is 0 Å². The van der Waals surface area contributed by atoms with Crippen LogP contribution < -0.4 is 5.32 Å². The van der Waals surface area contributed by atoms with Crippen molar-refractivity contribution in [1.29, 1.82) is 0 Å². The largest absolute Gasteiger partial charge is 0.507 e. The number of hydrogen-bond acceptors (Lipinski definition) is 11. The lowest BCUT2D eigenvalue weighted by atomic mass is 9.92. The highest BCUT2D eigenvalue weighted by molar-refractivity contribution is 7.99. The first-order chi connectivity index (χ1) is 16.6. The van der Waals surface area contributed by atoms with Crippen LogP contribution in [-0.2, 0) is 14.3 Å². The van der Waals surface area contributed by atoms with Gasteiger partial charge in [-0.05, 0) is 45.5 Å². The average Bonchev–Trinajstić information content (AvgIpc) is 3.26. The Balaban J connectivity index is 1.59. The molecule has 0 aliphatic carbocycles. The molecular formula is C23H34N2O9S. The Morgan fingerprint density at radius 2 is 1.94 bits per heavy atom. The van der Waals surface area contributed by atoms with Crippen LogP contribution in [0.4, 0.5) is 0 Å². The predicted octanol–water partition coefficient (Wildman–Crippen LogP) is -0.950. The molecule has 0 saturated carbocycles. The molecule has 35 heavy (non-hydrogen) atoms. The number of aliphatic hydroxyl groups excluding tert-OH is 4. The number of amides is 1. The molecule has 3 rings (SSSR count). The van der Waals surface area contributed by atoms with Crippen molar-refractivity contribution in [3.8, 4) is 5.75 Å². The lowest BCUT2D eigenvalue weighted by Crippen LogP contribution is -2.65.